The molecule has 2 rings (SSSR count). The van der Waals surface area contributed by atoms with Gasteiger partial charge in [-0.15, -0.1) is 0 Å². The number of halogens is 2. The summed E-state index contributed by atoms with van der Waals surface area (Å²) in [4.78, 5) is 0. The summed E-state index contributed by atoms with van der Waals surface area (Å²) in [6, 6.07) is 3.90. The fraction of sp³-hybridized carbons (Fsp3) is 0.273. The molecule has 1 unspecified atom stereocenters. The van der Waals surface area contributed by atoms with Gasteiger partial charge in [-0.2, -0.15) is 0 Å². The van der Waals surface area contributed by atoms with E-state index in [9.17, 15) is 9.50 Å². The summed E-state index contributed by atoms with van der Waals surface area (Å²) in [5, 5.41) is 10.1. The van der Waals surface area contributed by atoms with E-state index in [1.807, 2.05) is 6.08 Å². The highest BCUT2D eigenvalue weighted by Gasteiger charge is 2.20. The van der Waals surface area contributed by atoms with E-state index in [1.165, 1.54) is 18.2 Å². The van der Waals surface area contributed by atoms with Crippen LogP contribution in [-0.2, 0) is 4.74 Å². The first-order chi connectivity index (χ1) is 7.18. The summed E-state index contributed by atoms with van der Waals surface area (Å²) in [5.41, 5.74) is 0.464. The third kappa shape index (κ3) is 2.13. The first-order valence-electron chi connectivity index (χ1n) is 4.64. The Bertz CT molecular complexity index is 404. The largest absolute Gasteiger partial charge is 0.495 e. The van der Waals surface area contributed by atoms with Crippen molar-refractivity contribution < 1.29 is 14.2 Å². The van der Waals surface area contributed by atoms with Gasteiger partial charge in [-0.3, -0.25) is 0 Å². The molecule has 0 saturated heterocycles. The van der Waals surface area contributed by atoms with Crippen LogP contribution in [0.3, 0.4) is 0 Å². The second-order valence-corrected chi connectivity index (χ2v) is 3.72. The Morgan fingerprint density at radius 1 is 1.47 bits per heavy atom. The first kappa shape index (κ1) is 10.5. The lowest BCUT2D eigenvalue weighted by Gasteiger charge is -2.13. The number of rotatable bonds is 2. The molecule has 0 aliphatic carbocycles. The van der Waals surface area contributed by atoms with E-state index in [1.54, 1.807) is 0 Å². The van der Waals surface area contributed by atoms with Crippen LogP contribution in [0.15, 0.2) is 30.0 Å². The summed E-state index contributed by atoms with van der Waals surface area (Å²) in [7, 11) is 0. The SMILES string of the molecule is OC(C1=CCCO1)c1ccc(F)cc1Cl. The van der Waals surface area contributed by atoms with E-state index >= 15 is 0 Å². The molecular weight excluding hydrogens is 219 g/mol. The van der Waals surface area contributed by atoms with E-state index in [4.69, 9.17) is 16.3 Å². The lowest BCUT2D eigenvalue weighted by molar-refractivity contribution is 0.119. The van der Waals surface area contributed by atoms with Gasteiger partial charge in [-0.25, -0.2) is 4.39 Å². The van der Waals surface area contributed by atoms with Gasteiger partial charge >= 0.3 is 0 Å². The monoisotopic (exact) mass is 228 g/mol. The van der Waals surface area contributed by atoms with Crippen LogP contribution in [0, 0.1) is 5.82 Å². The Morgan fingerprint density at radius 3 is 2.87 bits per heavy atom. The molecule has 0 fully saturated rings. The predicted octanol–water partition coefficient (Wildman–Crippen LogP) is 2.82. The fourth-order valence-electron chi connectivity index (χ4n) is 1.50. The Hall–Kier alpha value is -1.06. The molecule has 1 aromatic carbocycles. The summed E-state index contributed by atoms with van der Waals surface area (Å²) < 4.78 is 18.0. The van der Waals surface area contributed by atoms with E-state index in [-0.39, 0.29) is 5.02 Å². The van der Waals surface area contributed by atoms with Gasteiger partial charge in [-0.05, 0) is 18.2 Å². The number of aliphatic hydroxyl groups excluding tert-OH is 1. The second-order valence-electron chi connectivity index (χ2n) is 3.31. The Morgan fingerprint density at radius 2 is 2.27 bits per heavy atom. The third-order valence-electron chi connectivity index (χ3n) is 2.26. The van der Waals surface area contributed by atoms with Gasteiger partial charge in [0.15, 0.2) is 0 Å². The van der Waals surface area contributed by atoms with Crippen molar-refractivity contribution in [1.82, 2.24) is 0 Å². The van der Waals surface area contributed by atoms with Crippen LogP contribution in [0.25, 0.3) is 0 Å². The van der Waals surface area contributed by atoms with E-state index in [2.05, 4.69) is 0 Å². The average molecular weight is 229 g/mol. The van der Waals surface area contributed by atoms with Crippen LogP contribution >= 0.6 is 11.6 Å². The second kappa shape index (κ2) is 4.21. The molecule has 2 nitrogen and oxygen atoms in total. The first-order valence-corrected chi connectivity index (χ1v) is 5.02. The topological polar surface area (TPSA) is 29.5 Å². The number of aliphatic hydroxyl groups is 1. The number of ether oxygens (including phenoxy) is 1. The van der Waals surface area contributed by atoms with Gasteiger partial charge in [-0.1, -0.05) is 17.7 Å². The highest BCUT2D eigenvalue weighted by Crippen LogP contribution is 2.31. The summed E-state index contributed by atoms with van der Waals surface area (Å²) in [6.07, 6.45) is 1.69. The normalized spacial score (nSPS) is 17.1. The van der Waals surface area contributed by atoms with Crippen molar-refractivity contribution in [3.05, 3.63) is 46.4 Å². The predicted molar refractivity (Wildman–Crippen MR) is 55.0 cm³/mol. The van der Waals surface area contributed by atoms with Crippen LogP contribution < -0.4 is 0 Å². The zero-order valence-corrected chi connectivity index (χ0v) is 8.67. The van der Waals surface area contributed by atoms with Crippen molar-refractivity contribution in [3.8, 4) is 0 Å². The quantitative estimate of drug-likeness (QED) is 0.844. The Labute approximate surface area is 91.9 Å². The number of hydrogen-bond donors (Lipinski definition) is 1. The average Bonchev–Trinajstić information content (AvgIpc) is 2.69. The Kier molecular flexibility index (Phi) is 2.93. The maximum atomic E-state index is 12.8. The highest BCUT2D eigenvalue weighted by molar-refractivity contribution is 6.31. The molecule has 4 heteroatoms. The fourth-order valence-corrected chi connectivity index (χ4v) is 1.77. The molecular formula is C11H10ClFO2. The lowest BCUT2D eigenvalue weighted by atomic mass is 10.1. The van der Waals surface area contributed by atoms with Gasteiger partial charge in [0.25, 0.3) is 0 Å². The van der Waals surface area contributed by atoms with Crippen molar-refractivity contribution in [2.45, 2.75) is 12.5 Å². The zero-order valence-electron chi connectivity index (χ0n) is 7.91. The molecule has 1 atom stereocenters. The van der Waals surface area contributed by atoms with E-state index in [0.717, 1.165) is 6.42 Å². The maximum absolute atomic E-state index is 12.8. The molecule has 0 bridgehead atoms. The van der Waals surface area contributed by atoms with Gasteiger partial charge in [0.05, 0.1) is 6.61 Å². The molecule has 1 aromatic rings. The molecule has 0 spiro atoms. The van der Waals surface area contributed by atoms with Crippen molar-refractivity contribution in [2.24, 2.45) is 0 Å². The smallest absolute Gasteiger partial charge is 0.137 e. The minimum absolute atomic E-state index is 0.207. The molecule has 0 aromatic heterocycles. The molecule has 15 heavy (non-hydrogen) atoms. The van der Waals surface area contributed by atoms with Gasteiger partial charge < -0.3 is 9.84 Å². The number of benzene rings is 1. The van der Waals surface area contributed by atoms with Crippen LogP contribution in [0.2, 0.25) is 5.02 Å². The third-order valence-corrected chi connectivity index (χ3v) is 2.59. The van der Waals surface area contributed by atoms with Gasteiger partial charge in [0.2, 0.25) is 0 Å². The summed E-state index contributed by atoms with van der Waals surface area (Å²) >= 11 is 5.82. The van der Waals surface area contributed by atoms with Crippen molar-refractivity contribution in [2.75, 3.05) is 6.61 Å². The molecule has 80 valence electrons. The standard InChI is InChI=1S/C11H10ClFO2/c12-9-6-7(13)3-4-8(9)11(14)10-2-1-5-15-10/h2-4,6,11,14H,1,5H2. The molecule has 1 aliphatic rings. The molecule has 0 amide bonds. The highest BCUT2D eigenvalue weighted by atomic mass is 35.5. The number of hydrogen-bond acceptors (Lipinski definition) is 2. The van der Waals surface area contributed by atoms with Crippen LogP contribution in [-0.4, -0.2) is 11.7 Å². The molecule has 1 heterocycles. The molecule has 0 saturated carbocycles. The molecule has 0 radical (unpaired) electrons. The molecule has 1 N–H and O–H groups in total. The van der Waals surface area contributed by atoms with E-state index in [0.29, 0.717) is 17.9 Å². The summed E-state index contributed by atoms with van der Waals surface area (Å²) in [6.45, 7) is 0.575. The van der Waals surface area contributed by atoms with Gasteiger partial charge in [0, 0.05) is 17.0 Å². The van der Waals surface area contributed by atoms with Crippen molar-refractivity contribution >= 4 is 11.6 Å². The lowest BCUT2D eigenvalue weighted by Crippen LogP contribution is -2.03. The van der Waals surface area contributed by atoms with Crippen LogP contribution in [0.4, 0.5) is 4.39 Å². The van der Waals surface area contributed by atoms with Crippen molar-refractivity contribution in [1.29, 1.82) is 0 Å². The summed E-state index contributed by atoms with van der Waals surface area (Å²) in [5.74, 6) is 0.0702. The maximum Gasteiger partial charge on any atom is 0.137 e. The molecule has 1 aliphatic heterocycles. The minimum atomic E-state index is -0.902. The van der Waals surface area contributed by atoms with Crippen LogP contribution in [0.1, 0.15) is 18.1 Å². The van der Waals surface area contributed by atoms with Crippen LogP contribution in [0.5, 0.6) is 0 Å². The minimum Gasteiger partial charge on any atom is -0.495 e. The Balaban J connectivity index is 2.28. The zero-order chi connectivity index (χ0) is 10.8. The van der Waals surface area contributed by atoms with Crippen molar-refractivity contribution in [3.63, 3.8) is 0 Å². The van der Waals surface area contributed by atoms with Gasteiger partial charge in [0.1, 0.15) is 17.7 Å². The van der Waals surface area contributed by atoms with E-state index < -0.39 is 11.9 Å².